The van der Waals surface area contributed by atoms with E-state index in [1.54, 1.807) is 0 Å². The van der Waals surface area contributed by atoms with Crippen LogP contribution in [-0.2, 0) is 4.74 Å². The first-order valence-corrected chi connectivity index (χ1v) is 2.94. The average Bonchev–Trinajstić information content (AvgIpc) is 1.65. The molecule has 1 atom stereocenters. The summed E-state index contributed by atoms with van der Waals surface area (Å²) in [7, 11) is 1.44. The highest BCUT2D eigenvalue weighted by Crippen LogP contribution is 2.13. The molecule has 0 aliphatic rings. The van der Waals surface area contributed by atoms with E-state index >= 15 is 0 Å². The zero-order chi connectivity index (χ0) is 5.86. The van der Waals surface area contributed by atoms with Crippen molar-refractivity contribution in [1.82, 2.24) is 0 Å². The topological polar surface area (TPSA) is 9.23 Å². The molecule has 0 radical (unpaired) electrons. The molecule has 0 aliphatic heterocycles. The van der Waals surface area contributed by atoms with E-state index in [1.807, 2.05) is 0 Å². The minimum atomic E-state index is -0.647. The van der Waals surface area contributed by atoms with Crippen LogP contribution in [0.1, 0.15) is 0 Å². The lowest BCUT2D eigenvalue weighted by Crippen LogP contribution is -2.09. The molecule has 0 saturated carbocycles. The normalized spacial score (nSPS) is 15.0. The van der Waals surface area contributed by atoms with Crippen LogP contribution in [0.5, 0.6) is 0 Å². The molecule has 1 unspecified atom stereocenters. The predicted molar refractivity (Wildman–Crippen MR) is 32.1 cm³/mol. The Morgan fingerprint density at radius 2 is 1.71 bits per heavy atom. The number of ether oxygens (including phenoxy) is 1. The van der Waals surface area contributed by atoms with Crippen LogP contribution >= 0.6 is 34.8 Å². The number of hydrogen-bond acceptors (Lipinski definition) is 1. The highest BCUT2D eigenvalue weighted by Gasteiger charge is 2.10. The summed E-state index contributed by atoms with van der Waals surface area (Å²) in [5.74, 6) is 0. The maximum Gasteiger partial charge on any atom is 0.160 e. The smallest absolute Gasteiger partial charge is 0.160 e. The molecule has 44 valence electrons. The van der Waals surface area contributed by atoms with Crippen LogP contribution in [0.2, 0.25) is 0 Å². The first-order chi connectivity index (χ1) is 3.18. The molecule has 0 aromatic rings. The van der Waals surface area contributed by atoms with Gasteiger partial charge in [0.25, 0.3) is 0 Å². The number of hydrogen-bond donors (Lipinski definition) is 0. The first kappa shape index (κ1) is 7.83. The van der Waals surface area contributed by atoms with Crippen molar-refractivity contribution in [2.45, 2.75) is 10.4 Å². The molecule has 0 aromatic carbocycles. The number of rotatable bonds is 2. The Labute approximate surface area is 57.5 Å². The summed E-state index contributed by atoms with van der Waals surface area (Å²) in [6.45, 7) is 0. The quantitative estimate of drug-likeness (QED) is 0.566. The molecule has 0 spiro atoms. The Bertz CT molecular complexity index is 47.4. The van der Waals surface area contributed by atoms with E-state index in [9.17, 15) is 0 Å². The molecule has 0 N–H and O–H groups in total. The molecule has 0 saturated heterocycles. The molecular formula is C3H5Cl3O. The van der Waals surface area contributed by atoms with Crippen molar-refractivity contribution in [3.05, 3.63) is 0 Å². The highest BCUT2D eigenvalue weighted by molar-refractivity contribution is 6.48. The molecule has 0 aromatic heterocycles. The standard InChI is InChI=1S/C3H5Cl3O/c1-7-3(6)2(4)5/h2-3H,1H3. The van der Waals surface area contributed by atoms with Gasteiger partial charge in [0.05, 0.1) is 0 Å². The molecule has 1 nitrogen and oxygen atoms in total. The van der Waals surface area contributed by atoms with E-state index in [4.69, 9.17) is 34.8 Å². The summed E-state index contributed by atoms with van der Waals surface area (Å²) >= 11 is 15.8. The summed E-state index contributed by atoms with van der Waals surface area (Å²) in [5.41, 5.74) is -0.594. The second-order valence-electron chi connectivity index (χ2n) is 0.921. The van der Waals surface area contributed by atoms with Crippen molar-refractivity contribution in [2.24, 2.45) is 0 Å². The summed E-state index contributed by atoms with van der Waals surface area (Å²) in [6.07, 6.45) is 0. The fourth-order valence-corrected chi connectivity index (χ4v) is 0.309. The van der Waals surface area contributed by atoms with Crippen LogP contribution in [0.25, 0.3) is 0 Å². The molecule has 4 heteroatoms. The molecule has 0 fully saturated rings. The zero-order valence-electron chi connectivity index (χ0n) is 3.70. The van der Waals surface area contributed by atoms with Crippen LogP contribution < -0.4 is 0 Å². The van der Waals surface area contributed by atoms with Gasteiger partial charge in [-0.1, -0.05) is 11.6 Å². The number of halogens is 3. The van der Waals surface area contributed by atoms with Crippen molar-refractivity contribution >= 4 is 34.8 Å². The van der Waals surface area contributed by atoms with E-state index in [0.29, 0.717) is 0 Å². The van der Waals surface area contributed by atoms with Gasteiger partial charge in [-0.2, -0.15) is 0 Å². The van der Waals surface area contributed by atoms with E-state index in [0.717, 1.165) is 0 Å². The fourth-order valence-electron chi connectivity index (χ4n) is 0.103. The number of methoxy groups -OCH3 is 1. The molecule has 0 rings (SSSR count). The Morgan fingerprint density at radius 1 is 1.29 bits per heavy atom. The molecule has 0 aliphatic carbocycles. The van der Waals surface area contributed by atoms with E-state index in [2.05, 4.69) is 4.74 Å². The Balaban J connectivity index is 3.14. The number of alkyl halides is 3. The molecule has 0 amide bonds. The average molecular weight is 163 g/mol. The lowest BCUT2D eigenvalue weighted by atomic mass is 10.8. The third-order valence-electron chi connectivity index (χ3n) is 0.423. The van der Waals surface area contributed by atoms with Crippen LogP contribution in [0.15, 0.2) is 0 Å². The van der Waals surface area contributed by atoms with Crippen molar-refractivity contribution < 1.29 is 4.74 Å². The van der Waals surface area contributed by atoms with Gasteiger partial charge in [-0.3, -0.25) is 0 Å². The Morgan fingerprint density at radius 3 is 1.71 bits per heavy atom. The second-order valence-corrected chi connectivity index (χ2v) is 2.52. The summed E-state index contributed by atoms with van der Waals surface area (Å²) in [6, 6.07) is 0. The molecular weight excluding hydrogens is 158 g/mol. The van der Waals surface area contributed by atoms with Gasteiger partial charge in [0.1, 0.15) is 4.84 Å². The van der Waals surface area contributed by atoms with Crippen LogP contribution in [0.4, 0.5) is 0 Å². The third-order valence-corrected chi connectivity index (χ3v) is 1.57. The highest BCUT2D eigenvalue weighted by atomic mass is 35.5. The van der Waals surface area contributed by atoms with Gasteiger partial charge in [0.15, 0.2) is 5.56 Å². The maximum atomic E-state index is 5.31. The predicted octanol–water partition coefficient (Wildman–Crippen LogP) is 2.00. The lowest BCUT2D eigenvalue weighted by Gasteiger charge is -2.04. The lowest BCUT2D eigenvalue weighted by molar-refractivity contribution is 0.178. The van der Waals surface area contributed by atoms with Gasteiger partial charge in [0.2, 0.25) is 0 Å². The summed E-state index contributed by atoms with van der Waals surface area (Å²) < 4.78 is 4.51. The van der Waals surface area contributed by atoms with Gasteiger partial charge in [-0.05, 0) is 0 Å². The van der Waals surface area contributed by atoms with Gasteiger partial charge in [0, 0.05) is 7.11 Å². The minimum Gasteiger partial charge on any atom is -0.363 e. The Hall–Kier alpha value is 0.830. The van der Waals surface area contributed by atoms with Gasteiger partial charge >= 0.3 is 0 Å². The van der Waals surface area contributed by atoms with Crippen molar-refractivity contribution in [3.63, 3.8) is 0 Å². The van der Waals surface area contributed by atoms with Gasteiger partial charge in [-0.15, -0.1) is 23.2 Å². The van der Waals surface area contributed by atoms with E-state index in [1.165, 1.54) is 7.11 Å². The van der Waals surface area contributed by atoms with Gasteiger partial charge in [-0.25, -0.2) is 0 Å². The SMILES string of the molecule is COC(Cl)C(Cl)Cl. The monoisotopic (exact) mass is 162 g/mol. The second kappa shape index (κ2) is 3.79. The minimum absolute atomic E-state index is 0.594. The first-order valence-electron chi connectivity index (χ1n) is 1.63. The third kappa shape index (κ3) is 3.42. The van der Waals surface area contributed by atoms with Crippen molar-refractivity contribution in [3.8, 4) is 0 Å². The molecule has 7 heavy (non-hydrogen) atoms. The van der Waals surface area contributed by atoms with Crippen molar-refractivity contribution in [2.75, 3.05) is 7.11 Å². The van der Waals surface area contributed by atoms with Crippen LogP contribution in [0.3, 0.4) is 0 Å². The fraction of sp³-hybridized carbons (Fsp3) is 1.00. The summed E-state index contributed by atoms with van der Waals surface area (Å²) in [4.78, 5) is -0.647. The molecule has 0 bridgehead atoms. The summed E-state index contributed by atoms with van der Waals surface area (Å²) in [5, 5.41) is 0. The zero-order valence-corrected chi connectivity index (χ0v) is 5.96. The Kier molecular flexibility index (Phi) is 4.24. The largest absolute Gasteiger partial charge is 0.363 e. The van der Waals surface area contributed by atoms with Crippen LogP contribution in [0, 0.1) is 0 Å². The maximum absolute atomic E-state index is 5.31. The van der Waals surface area contributed by atoms with E-state index < -0.39 is 10.4 Å². The van der Waals surface area contributed by atoms with Crippen molar-refractivity contribution in [1.29, 1.82) is 0 Å². The van der Waals surface area contributed by atoms with E-state index in [-0.39, 0.29) is 0 Å². The van der Waals surface area contributed by atoms with Gasteiger partial charge < -0.3 is 4.74 Å². The van der Waals surface area contributed by atoms with Crippen LogP contribution in [-0.4, -0.2) is 17.5 Å². The molecule has 0 heterocycles.